The molecule has 2 rings (SSSR count). The number of rotatable bonds is 3. The third-order valence-corrected chi connectivity index (χ3v) is 4.36. The molecule has 1 fully saturated rings. The van der Waals surface area contributed by atoms with Crippen molar-refractivity contribution in [3.63, 3.8) is 0 Å². The number of nitrogens with one attached hydrogen (secondary N) is 1. The fourth-order valence-corrected chi connectivity index (χ4v) is 3.04. The van der Waals surface area contributed by atoms with Gasteiger partial charge in [-0.1, -0.05) is 44.0 Å². The molecule has 1 aliphatic rings. The number of benzene rings is 1. The summed E-state index contributed by atoms with van der Waals surface area (Å²) in [7, 11) is 0. The molecule has 0 aliphatic heterocycles. The average molecular weight is 252 g/mol. The third-order valence-electron chi connectivity index (χ3n) is 4.00. The van der Waals surface area contributed by atoms with Gasteiger partial charge in [-0.3, -0.25) is 0 Å². The molecule has 1 aromatic rings. The van der Waals surface area contributed by atoms with Crippen molar-refractivity contribution in [2.24, 2.45) is 5.41 Å². The molecule has 1 saturated carbocycles. The second kappa shape index (κ2) is 4.99. The van der Waals surface area contributed by atoms with E-state index in [4.69, 9.17) is 11.6 Å². The van der Waals surface area contributed by atoms with E-state index in [1.165, 1.54) is 30.4 Å². The first kappa shape index (κ1) is 12.9. The Morgan fingerprint density at radius 2 is 2.18 bits per heavy atom. The van der Waals surface area contributed by atoms with Crippen molar-refractivity contribution in [2.75, 3.05) is 0 Å². The highest BCUT2D eigenvalue weighted by Gasteiger charge is 2.33. The van der Waals surface area contributed by atoms with E-state index in [1.54, 1.807) is 0 Å². The number of hydrogen-bond acceptors (Lipinski definition) is 1. The predicted molar refractivity (Wildman–Crippen MR) is 74.4 cm³/mol. The quantitative estimate of drug-likeness (QED) is 0.844. The minimum absolute atomic E-state index is 0.428. The lowest BCUT2D eigenvalue weighted by molar-refractivity contribution is 0.282. The maximum absolute atomic E-state index is 6.25. The van der Waals surface area contributed by atoms with Crippen LogP contribution in [-0.4, -0.2) is 6.04 Å². The minimum Gasteiger partial charge on any atom is -0.309 e. The van der Waals surface area contributed by atoms with Gasteiger partial charge < -0.3 is 5.32 Å². The fourth-order valence-electron chi connectivity index (χ4n) is 2.73. The lowest BCUT2D eigenvalue weighted by Crippen LogP contribution is -2.37. The molecule has 1 nitrogen and oxygen atoms in total. The molecule has 1 unspecified atom stereocenters. The molecule has 0 spiro atoms. The molecule has 2 heteroatoms. The Kier molecular flexibility index (Phi) is 3.79. The van der Waals surface area contributed by atoms with E-state index >= 15 is 0 Å². The van der Waals surface area contributed by atoms with Gasteiger partial charge in [0, 0.05) is 17.6 Å². The van der Waals surface area contributed by atoms with Gasteiger partial charge >= 0.3 is 0 Å². The minimum atomic E-state index is 0.428. The molecule has 0 radical (unpaired) electrons. The molecular formula is C15H22ClN. The van der Waals surface area contributed by atoms with Crippen LogP contribution in [0.25, 0.3) is 0 Å². The van der Waals surface area contributed by atoms with Gasteiger partial charge in [-0.25, -0.2) is 0 Å². The maximum atomic E-state index is 6.25. The van der Waals surface area contributed by atoms with Gasteiger partial charge in [0.25, 0.3) is 0 Å². The van der Waals surface area contributed by atoms with Crippen LogP contribution in [0.1, 0.15) is 44.2 Å². The van der Waals surface area contributed by atoms with E-state index in [0.717, 1.165) is 11.6 Å². The van der Waals surface area contributed by atoms with Crippen LogP contribution in [0.3, 0.4) is 0 Å². The van der Waals surface area contributed by atoms with Crippen LogP contribution in [0.15, 0.2) is 18.2 Å². The van der Waals surface area contributed by atoms with Crippen molar-refractivity contribution in [3.05, 3.63) is 34.3 Å². The van der Waals surface area contributed by atoms with Crippen LogP contribution in [0.5, 0.6) is 0 Å². The fraction of sp³-hybridized carbons (Fsp3) is 0.600. The summed E-state index contributed by atoms with van der Waals surface area (Å²) < 4.78 is 0. The molecule has 0 aromatic heterocycles. The van der Waals surface area contributed by atoms with Gasteiger partial charge in [-0.05, 0) is 42.4 Å². The van der Waals surface area contributed by atoms with Crippen molar-refractivity contribution >= 4 is 11.6 Å². The van der Waals surface area contributed by atoms with Crippen molar-refractivity contribution in [1.29, 1.82) is 0 Å². The van der Waals surface area contributed by atoms with Crippen LogP contribution in [0, 0.1) is 12.3 Å². The standard InChI is InChI=1S/C15H22ClN/c1-11-6-7-12(13(16)9-11)10-17-14-5-4-8-15(14,2)3/h6-7,9,14,17H,4-5,8,10H2,1-3H3. The second-order valence-corrected chi connectivity index (χ2v) is 6.32. The third kappa shape index (κ3) is 3.02. The zero-order valence-electron chi connectivity index (χ0n) is 11.0. The van der Waals surface area contributed by atoms with Crippen LogP contribution in [0.4, 0.5) is 0 Å². The molecule has 0 saturated heterocycles. The molecule has 1 N–H and O–H groups in total. The van der Waals surface area contributed by atoms with Crippen LogP contribution >= 0.6 is 11.6 Å². The zero-order valence-corrected chi connectivity index (χ0v) is 11.8. The van der Waals surface area contributed by atoms with Crippen LogP contribution < -0.4 is 5.32 Å². The largest absolute Gasteiger partial charge is 0.309 e. The first-order valence-corrected chi connectivity index (χ1v) is 6.85. The Labute approximate surface area is 110 Å². The maximum Gasteiger partial charge on any atom is 0.0453 e. The summed E-state index contributed by atoms with van der Waals surface area (Å²) in [6, 6.07) is 6.92. The Balaban J connectivity index is 1.98. The normalized spacial score (nSPS) is 22.9. The van der Waals surface area contributed by atoms with Gasteiger partial charge in [0.05, 0.1) is 0 Å². The van der Waals surface area contributed by atoms with Crippen molar-refractivity contribution in [3.8, 4) is 0 Å². The molecule has 1 aliphatic carbocycles. The second-order valence-electron chi connectivity index (χ2n) is 5.91. The predicted octanol–water partition coefficient (Wildman–Crippen LogP) is 4.32. The van der Waals surface area contributed by atoms with E-state index in [-0.39, 0.29) is 0 Å². The first-order chi connectivity index (χ1) is 7.99. The van der Waals surface area contributed by atoms with Gasteiger partial charge in [-0.2, -0.15) is 0 Å². The van der Waals surface area contributed by atoms with Gasteiger partial charge in [0.1, 0.15) is 0 Å². The Morgan fingerprint density at radius 3 is 2.76 bits per heavy atom. The summed E-state index contributed by atoms with van der Waals surface area (Å²) >= 11 is 6.25. The van der Waals surface area contributed by atoms with Crippen molar-refractivity contribution in [1.82, 2.24) is 5.32 Å². The SMILES string of the molecule is Cc1ccc(CNC2CCCC2(C)C)c(Cl)c1. The average Bonchev–Trinajstić information content (AvgIpc) is 2.57. The molecule has 94 valence electrons. The molecular weight excluding hydrogens is 230 g/mol. The summed E-state index contributed by atoms with van der Waals surface area (Å²) in [5.41, 5.74) is 2.86. The molecule has 17 heavy (non-hydrogen) atoms. The van der Waals surface area contributed by atoms with Crippen molar-refractivity contribution < 1.29 is 0 Å². The number of hydrogen-bond donors (Lipinski definition) is 1. The highest BCUT2D eigenvalue weighted by molar-refractivity contribution is 6.31. The van der Waals surface area contributed by atoms with Gasteiger partial charge in [0.2, 0.25) is 0 Å². The summed E-state index contributed by atoms with van der Waals surface area (Å²) in [5, 5.41) is 4.55. The van der Waals surface area contributed by atoms with Gasteiger partial charge in [-0.15, -0.1) is 0 Å². The van der Waals surface area contributed by atoms with E-state index < -0.39 is 0 Å². The van der Waals surface area contributed by atoms with E-state index in [9.17, 15) is 0 Å². The van der Waals surface area contributed by atoms with Crippen molar-refractivity contribution in [2.45, 2.75) is 52.6 Å². The smallest absolute Gasteiger partial charge is 0.0453 e. The number of aryl methyl sites for hydroxylation is 1. The highest BCUT2D eigenvalue weighted by Crippen LogP contribution is 2.37. The Bertz CT molecular complexity index is 398. The lowest BCUT2D eigenvalue weighted by Gasteiger charge is -2.28. The molecule has 0 heterocycles. The monoisotopic (exact) mass is 251 g/mol. The number of halogens is 1. The topological polar surface area (TPSA) is 12.0 Å². The lowest BCUT2D eigenvalue weighted by atomic mass is 9.87. The molecule has 1 aromatic carbocycles. The Hall–Kier alpha value is -0.530. The van der Waals surface area contributed by atoms with Gasteiger partial charge in [0.15, 0.2) is 0 Å². The van der Waals surface area contributed by atoms with Crippen LogP contribution in [-0.2, 0) is 6.54 Å². The molecule has 1 atom stereocenters. The molecule has 0 amide bonds. The van der Waals surface area contributed by atoms with E-state index in [0.29, 0.717) is 11.5 Å². The van der Waals surface area contributed by atoms with Crippen LogP contribution in [0.2, 0.25) is 5.02 Å². The Morgan fingerprint density at radius 1 is 1.41 bits per heavy atom. The molecule has 0 bridgehead atoms. The van der Waals surface area contributed by atoms with E-state index in [1.807, 2.05) is 6.07 Å². The van der Waals surface area contributed by atoms with E-state index in [2.05, 4.69) is 38.2 Å². The zero-order chi connectivity index (χ0) is 12.5. The highest BCUT2D eigenvalue weighted by atomic mass is 35.5. The summed E-state index contributed by atoms with van der Waals surface area (Å²) in [5.74, 6) is 0. The first-order valence-electron chi connectivity index (χ1n) is 6.47. The summed E-state index contributed by atoms with van der Waals surface area (Å²) in [6.45, 7) is 7.67. The summed E-state index contributed by atoms with van der Waals surface area (Å²) in [4.78, 5) is 0. The summed E-state index contributed by atoms with van der Waals surface area (Å²) in [6.07, 6.45) is 3.95.